The number of aromatic nitrogens is 3. The highest BCUT2D eigenvalue weighted by molar-refractivity contribution is 7.10. The zero-order chi connectivity index (χ0) is 13.1. The Morgan fingerprint density at radius 2 is 2.05 bits per heavy atom. The van der Waals surface area contributed by atoms with Crippen LogP contribution in [-0.2, 0) is 6.42 Å². The second kappa shape index (κ2) is 5.38. The molecule has 0 aliphatic carbocycles. The lowest BCUT2D eigenvalue weighted by Gasteiger charge is -1.95. The summed E-state index contributed by atoms with van der Waals surface area (Å²) >= 11 is 2.54. The third-order valence-corrected chi connectivity index (χ3v) is 3.91. The zero-order valence-electron chi connectivity index (χ0n) is 9.81. The minimum absolute atomic E-state index is 0.0392. The van der Waals surface area contributed by atoms with Gasteiger partial charge in [-0.3, -0.25) is 4.79 Å². The van der Waals surface area contributed by atoms with Gasteiger partial charge in [-0.05, 0) is 0 Å². The summed E-state index contributed by atoms with van der Waals surface area (Å²) in [5.74, 6) is -0.0392. The molecular formula is C13H9N3OS2. The van der Waals surface area contributed by atoms with Gasteiger partial charge in [0.25, 0.3) is 0 Å². The van der Waals surface area contributed by atoms with E-state index in [2.05, 4.69) is 13.7 Å². The number of hydrogen-bond acceptors (Lipinski definition) is 6. The summed E-state index contributed by atoms with van der Waals surface area (Å²) in [7, 11) is 0. The fraction of sp³-hybridized carbons (Fsp3) is 0.0769. The first-order valence-electron chi connectivity index (χ1n) is 5.63. The molecule has 0 fully saturated rings. The van der Waals surface area contributed by atoms with Gasteiger partial charge in [0.05, 0.1) is 30.0 Å². The van der Waals surface area contributed by atoms with Gasteiger partial charge in [0.15, 0.2) is 5.78 Å². The van der Waals surface area contributed by atoms with Crippen molar-refractivity contribution in [1.82, 2.24) is 13.7 Å². The smallest absolute Gasteiger partial charge is 0.190 e. The average Bonchev–Trinajstić information content (AvgIpc) is 3.11. The van der Waals surface area contributed by atoms with E-state index in [9.17, 15) is 4.79 Å². The number of thiazole rings is 1. The molecular weight excluding hydrogens is 278 g/mol. The van der Waals surface area contributed by atoms with E-state index in [-0.39, 0.29) is 12.2 Å². The van der Waals surface area contributed by atoms with E-state index in [0.717, 1.165) is 28.0 Å². The molecule has 3 aromatic rings. The van der Waals surface area contributed by atoms with Gasteiger partial charge in [-0.15, -0.1) is 11.3 Å². The molecule has 0 amide bonds. The van der Waals surface area contributed by atoms with Crippen molar-refractivity contribution in [3.05, 3.63) is 52.6 Å². The van der Waals surface area contributed by atoms with Gasteiger partial charge in [-0.2, -0.15) is 8.75 Å². The van der Waals surface area contributed by atoms with Crippen LogP contribution in [0.3, 0.4) is 0 Å². The van der Waals surface area contributed by atoms with Crippen LogP contribution in [0.1, 0.15) is 15.5 Å². The van der Waals surface area contributed by atoms with Crippen molar-refractivity contribution in [2.75, 3.05) is 0 Å². The van der Waals surface area contributed by atoms with Crippen LogP contribution in [0.5, 0.6) is 0 Å². The second-order valence-electron chi connectivity index (χ2n) is 3.89. The quantitative estimate of drug-likeness (QED) is 0.692. The Labute approximate surface area is 118 Å². The van der Waals surface area contributed by atoms with Crippen molar-refractivity contribution < 1.29 is 4.79 Å². The summed E-state index contributed by atoms with van der Waals surface area (Å²) in [4.78, 5) is 16.4. The van der Waals surface area contributed by atoms with E-state index >= 15 is 0 Å². The van der Waals surface area contributed by atoms with Crippen LogP contribution in [0, 0.1) is 0 Å². The highest BCUT2D eigenvalue weighted by Crippen LogP contribution is 2.22. The highest BCUT2D eigenvalue weighted by Gasteiger charge is 2.13. The topological polar surface area (TPSA) is 55.7 Å². The third-order valence-electron chi connectivity index (χ3n) is 2.58. The van der Waals surface area contributed by atoms with Crippen molar-refractivity contribution in [3.8, 4) is 11.3 Å². The SMILES string of the molecule is O=C(Cc1nc(-c2ccccc2)cs1)c1cnsn1. The molecule has 0 spiro atoms. The van der Waals surface area contributed by atoms with Gasteiger partial charge in [0.1, 0.15) is 10.7 Å². The minimum Gasteiger partial charge on any atom is -0.292 e. The molecule has 6 heteroatoms. The number of benzene rings is 1. The molecule has 0 radical (unpaired) electrons. The largest absolute Gasteiger partial charge is 0.292 e. The Morgan fingerprint density at radius 1 is 1.21 bits per heavy atom. The Morgan fingerprint density at radius 3 is 2.79 bits per heavy atom. The predicted octanol–water partition coefficient (Wildman–Crippen LogP) is 3.09. The van der Waals surface area contributed by atoms with Crippen molar-refractivity contribution in [3.63, 3.8) is 0 Å². The lowest BCUT2D eigenvalue weighted by molar-refractivity contribution is 0.0989. The molecule has 0 unspecified atom stereocenters. The van der Waals surface area contributed by atoms with Crippen LogP contribution in [-0.4, -0.2) is 19.5 Å². The summed E-state index contributed by atoms with van der Waals surface area (Å²) < 4.78 is 7.77. The monoisotopic (exact) mass is 287 g/mol. The Kier molecular flexibility index (Phi) is 3.43. The van der Waals surface area contributed by atoms with E-state index in [1.54, 1.807) is 0 Å². The number of carbonyl (C=O) groups is 1. The fourth-order valence-corrected chi connectivity index (χ4v) is 2.88. The third kappa shape index (κ3) is 2.74. The maximum atomic E-state index is 11.9. The minimum atomic E-state index is -0.0392. The lowest BCUT2D eigenvalue weighted by Crippen LogP contribution is -2.03. The summed E-state index contributed by atoms with van der Waals surface area (Å²) in [6.07, 6.45) is 1.78. The van der Waals surface area contributed by atoms with Crippen LogP contribution in [0.15, 0.2) is 41.9 Å². The molecule has 1 aromatic carbocycles. The molecule has 0 aliphatic rings. The Balaban J connectivity index is 1.77. The number of ketones is 1. The molecule has 2 aromatic heterocycles. The standard InChI is InChI=1S/C13H9N3OS2/c17-12(10-7-14-19-16-10)6-13-15-11(8-18-13)9-4-2-1-3-5-9/h1-5,7-8H,6H2. The van der Waals surface area contributed by atoms with E-state index < -0.39 is 0 Å². The van der Waals surface area contributed by atoms with Gasteiger partial charge < -0.3 is 0 Å². The normalized spacial score (nSPS) is 10.5. The second-order valence-corrected chi connectivity index (χ2v) is 5.38. The number of nitrogens with zero attached hydrogens (tertiary/aromatic N) is 3. The first-order chi connectivity index (χ1) is 9.33. The lowest BCUT2D eigenvalue weighted by atomic mass is 10.2. The first kappa shape index (κ1) is 12.1. The summed E-state index contributed by atoms with van der Waals surface area (Å²) in [5, 5.41) is 2.77. The Bertz CT molecular complexity index is 677. The summed E-state index contributed by atoms with van der Waals surface area (Å²) in [6.45, 7) is 0. The number of carbonyl (C=O) groups excluding carboxylic acids is 1. The number of rotatable bonds is 4. The average molecular weight is 287 g/mol. The van der Waals surface area contributed by atoms with Gasteiger partial charge in [-0.1, -0.05) is 30.3 Å². The fourth-order valence-electron chi connectivity index (χ4n) is 1.65. The van der Waals surface area contributed by atoms with E-state index in [0.29, 0.717) is 5.69 Å². The number of Topliss-reactive ketones (excluding diaryl/α,β-unsaturated/α-hetero) is 1. The highest BCUT2D eigenvalue weighted by atomic mass is 32.1. The van der Waals surface area contributed by atoms with Gasteiger partial charge in [0, 0.05) is 10.9 Å². The first-order valence-corrected chi connectivity index (χ1v) is 7.24. The molecule has 3 rings (SSSR count). The number of hydrogen-bond donors (Lipinski definition) is 0. The molecule has 0 aliphatic heterocycles. The van der Waals surface area contributed by atoms with Gasteiger partial charge >= 0.3 is 0 Å². The van der Waals surface area contributed by atoms with E-state index in [1.807, 2.05) is 35.7 Å². The summed E-state index contributed by atoms with van der Waals surface area (Å²) in [5.41, 5.74) is 2.39. The van der Waals surface area contributed by atoms with Crippen LogP contribution >= 0.6 is 23.1 Å². The molecule has 0 saturated carbocycles. The molecule has 0 saturated heterocycles. The van der Waals surface area contributed by atoms with Gasteiger partial charge in [0.2, 0.25) is 0 Å². The van der Waals surface area contributed by atoms with Crippen molar-refractivity contribution in [2.24, 2.45) is 0 Å². The molecule has 19 heavy (non-hydrogen) atoms. The molecule has 0 bridgehead atoms. The van der Waals surface area contributed by atoms with Crippen LogP contribution < -0.4 is 0 Å². The van der Waals surface area contributed by atoms with Crippen LogP contribution in [0.4, 0.5) is 0 Å². The van der Waals surface area contributed by atoms with Crippen molar-refractivity contribution >= 4 is 28.8 Å². The Hall–Kier alpha value is -1.92. The molecule has 2 heterocycles. The molecule has 0 atom stereocenters. The molecule has 0 N–H and O–H groups in total. The zero-order valence-corrected chi connectivity index (χ0v) is 11.4. The van der Waals surface area contributed by atoms with E-state index in [1.165, 1.54) is 17.5 Å². The van der Waals surface area contributed by atoms with E-state index in [4.69, 9.17) is 0 Å². The molecule has 4 nitrogen and oxygen atoms in total. The maximum absolute atomic E-state index is 11.9. The van der Waals surface area contributed by atoms with Crippen molar-refractivity contribution in [1.29, 1.82) is 0 Å². The van der Waals surface area contributed by atoms with Crippen LogP contribution in [0.25, 0.3) is 11.3 Å². The van der Waals surface area contributed by atoms with Crippen LogP contribution in [0.2, 0.25) is 0 Å². The van der Waals surface area contributed by atoms with Gasteiger partial charge in [-0.25, -0.2) is 4.98 Å². The predicted molar refractivity (Wildman–Crippen MR) is 75.5 cm³/mol. The maximum Gasteiger partial charge on any atom is 0.190 e. The molecule has 94 valence electrons. The van der Waals surface area contributed by atoms with Crippen molar-refractivity contribution in [2.45, 2.75) is 6.42 Å². The summed E-state index contributed by atoms with van der Waals surface area (Å²) in [6, 6.07) is 9.92.